The van der Waals surface area contributed by atoms with E-state index >= 15 is 0 Å². The number of halogens is 4. The van der Waals surface area contributed by atoms with Crippen LogP contribution in [0.5, 0.6) is 5.75 Å². The van der Waals surface area contributed by atoms with Crippen LogP contribution in [-0.2, 0) is 19.2 Å². The molecule has 1 fully saturated rings. The third-order valence-corrected chi connectivity index (χ3v) is 5.91. The van der Waals surface area contributed by atoms with E-state index in [1.165, 1.54) is 6.20 Å². The van der Waals surface area contributed by atoms with Gasteiger partial charge in [0, 0.05) is 18.5 Å². The Bertz CT molecular complexity index is 1210. The first-order valence-electron chi connectivity index (χ1n) is 11.7. The predicted molar refractivity (Wildman–Crippen MR) is 121 cm³/mol. The van der Waals surface area contributed by atoms with E-state index in [-0.39, 0.29) is 30.0 Å². The topological polar surface area (TPSA) is 158 Å². The number of rotatable bonds is 11. The first-order chi connectivity index (χ1) is 17.9. The van der Waals surface area contributed by atoms with Crippen LogP contribution in [0.2, 0.25) is 0 Å². The van der Waals surface area contributed by atoms with Gasteiger partial charge in [-0.3, -0.25) is 19.2 Å². The summed E-state index contributed by atoms with van der Waals surface area (Å²) in [5.74, 6) is -12.4. The van der Waals surface area contributed by atoms with Gasteiger partial charge in [-0.05, 0) is 25.2 Å². The molecule has 4 N–H and O–H groups in total. The molecule has 1 aliphatic rings. The number of ether oxygens (including phenoxy) is 1. The van der Waals surface area contributed by atoms with E-state index in [0.717, 1.165) is 4.68 Å². The molecule has 0 radical (unpaired) electrons. The van der Waals surface area contributed by atoms with Crippen molar-refractivity contribution in [3.63, 3.8) is 0 Å². The Hall–Kier alpha value is -4.04. The molecule has 38 heavy (non-hydrogen) atoms. The van der Waals surface area contributed by atoms with E-state index in [1.807, 2.05) is 13.8 Å². The molecule has 3 rings (SSSR count). The number of ketones is 1. The number of nitrogens with two attached hydrogens (primary N) is 1. The summed E-state index contributed by atoms with van der Waals surface area (Å²) in [4.78, 5) is 48.4. The van der Waals surface area contributed by atoms with Gasteiger partial charge in [0.1, 0.15) is 18.3 Å². The summed E-state index contributed by atoms with van der Waals surface area (Å²) in [6, 6.07) is -2.03. The van der Waals surface area contributed by atoms with E-state index in [4.69, 9.17) is 10.5 Å². The summed E-state index contributed by atoms with van der Waals surface area (Å²) in [6.07, 6.45) is 1.94. The van der Waals surface area contributed by atoms with Crippen molar-refractivity contribution in [3.05, 3.63) is 41.2 Å². The van der Waals surface area contributed by atoms with Gasteiger partial charge < -0.3 is 21.1 Å². The zero-order valence-electron chi connectivity index (χ0n) is 20.5. The van der Waals surface area contributed by atoms with E-state index < -0.39 is 71.2 Å². The molecule has 0 unspecified atom stereocenters. The lowest BCUT2D eigenvalue weighted by Gasteiger charge is -2.20. The smallest absolute Gasteiger partial charge is 0.309 e. The molecule has 0 bridgehead atoms. The van der Waals surface area contributed by atoms with Crippen molar-refractivity contribution < 1.29 is 41.5 Å². The lowest BCUT2D eigenvalue weighted by Crippen LogP contribution is -2.39. The number of hydrogen-bond donors (Lipinski definition) is 3. The van der Waals surface area contributed by atoms with Crippen molar-refractivity contribution >= 4 is 23.5 Å². The van der Waals surface area contributed by atoms with Crippen LogP contribution in [0, 0.1) is 35.1 Å². The number of primary amides is 1. The third kappa shape index (κ3) is 6.63. The molecular formula is C23H26F4N6O5. The van der Waals surface area contributed by atoms with Crippen molar-refractivity contribution in [3.8, 4) is 5.75 Å². The minimum Gasteiger partial charge on any atom is -0.479 e. The van der Waals surface area contributed by atoms with Gasteiger partial charge in [0.25, 0.3) is 0 Å². The molecule has 2 heterocycles. The van der Waals surface area contributed by atoms with Crippen LogP contribution in [0.4, 0.5) is 17.6 Å². The van der Waals surface area contributed by atoms with Crippen LogP contribution in [-0.4, -0.2) is 51.7 Å². The molecule has 1 aromatic carbocycles. The Morgan fingerprint density at radius 2 is 1.87 bits per heavy atom. The van der Waals surface area contributed by atoms with Crippen molar-refractivity contribution in [1.29, 1.82) is 0 Å². The molecule has 0 spiro atoms. The third-order valence-electron chi connectivity index (χ3n) is 5.91. The first-order valence-corrected chi connectivity index (χ1v) is 11.7. The van der Waals surface area contributed by atoms with E-state index in [0.29, 0.717) is 19.4 Å². The molecule has 1 aliphatic heterocycles. The number of nitrogens with one attached hydrogen (secondary N) is 2. The lowest BCUT2D eigenvalue weighted by atomic mass is 9.96. The Morgan fingerprint density at radius 1 is 1.21 bits per heavy atom. The summed E-state index contributed by atoms with van der Waals surface area (Å²) < 4.78 is 60.9. The average Bonchev–Trinajstić information content (AvgIpc) is 3.49. The van der Waals surface area contributed by atoms with Gasteiger partial charge in [-0.15, -0.1) is 5.10 Å². The fourth-order valence-corrected chi connectivity index (χ4v) is 4.00. The zero-order valence-corrected chi connectivity index (χ0v) is 20.5. The molecule has 0 saturated carbocycles. The van der Waals surface area contributed by atoms with Crippen molar-refractivity contribution in [2.45, 2.75) is 45.2 Å². The fraction of sp³-hybridized carbons (Fsp3) is 0.478. The second kappa shape index (κ2) is 12.0. The predicted octanol–water partition coefficient (Wildman–Crippen LogP) is 1.24. The maximum atomic E-state index is 14.0. The molecule has 0 aliphatic carbocycles. The second-order valence-corrected chi connectivity index (χ2v) is 9.22. The van der Waals surface area contributed by atoms with Crippen molar-refractivity contribution in [1.82, 2.24) is 25.6 Å². The number of hydrogen-bond acceptors (Lipinski definition) is 7. The molecule has 1 aromatic heterocycles. The summed E-state index contributed by atoms with van der Waals surface area (Å²) >= 11 is 0. The van der Waals surface area contributed by atoms with E-state index in [9.17, 15) is 36.7 Å². The summed E-state index contributed by atoms with van der Waals surface area (Å²) in [5, 5.41) is 13.0. The maximum Gasteiger partial charge on any atom is 0.309 e. The minimum absolute atomic E-state index is 0.00237. The Morgan fingerprint density at radius 3 is 2.42 bits per heavy atom. The van der Waals surface area contributed by atoms with Crippen LogP contribution in [0.1, 0.15) is 50.9 Å². The molecule has 1 saturated heterocycles. The van der Waals surface area contributed by atoms with Crippen LogP contribution in [0.3, 0.4) is 0 Å². The SMILES string of the molecule is CC(C)C[C@H](NC(=O)C(N)=O)c1cn([C@@H](C[C@@H]2CCNC2=O)C(=O)COc2c(F)c(F)cc(F)c2F)nn1. The number of aromatic nitrogens is 3. The van der Waals surface area contributed by atoms with Gasteiger partial charge in [-0.2, -0.15) is 8.78 Å². The number of benzene rings is 1. The van der Waals surface area contributed by atoms with Gasteiger partial charge in [-0.1, -0.05) is 19.1 Å². The summed E-state index contributed by atoms with van der Waals surface area (Å²) in [5.41, 5.74) is 5.20. The number of carbonyl (C=O) groups is 4. The standard InChI is InChI=1S/C23H26F4N6O5/c1-10(2)5-14(30-23(37)21(28)35)15-8-33(32-31-15)16(6-11-3-4-29-22(11)36)17(34)9-38-20-18(26)12(24)7-13(25)19(20)27/h7-8,10-11,14,16H,3-6,9H2,1-2H3,(H2,28,35)(H,29,36)(H,30,37)/t11-,14-,16-/m0/s1. The second-order valence-electron chi connectivity index (χ2n) is 9.22. The minimum atomic E-state index is -1.81. The Kier molecular flexibility index (Phi) is 9.01. The van der Waals surface area contributed by atoms with Crippen molar-refractivity contribution in [2.75, 3.05) is 13.2 Å². The quantitative estimate of drug-likeness (QED) is 0.219. The number of amides is 3. The highest BCUT2D eigenvalue weighted by atomic mass is 19.2. The van der Waals surface area contributed by atoms with E-state index in [2.05, 4.69) is 20.9 Å². The highest BCUT2D eigenvalue weighted by Crippen LogP contribution is 2.29. The molecule has 2 aromatic rings. The van der Waals surface area contributed by atoms with Gasteiger partial charge >= 0.3 is 11.8 Å². The summed E-state index contributed by atoms with van der Waals surface area (Å²) in [6.45, 7) is 3.06. The van der Waals surface area contributed by atoms with Gasteiger partial charge in [-0.25, -0.2) is 13.5 Å². The molecular weight excluding hydrogens is 516 g/mol. The largest absolute Gasteiger partial charge is 0.479 e. The highest BCUT2D eigenvalue weighted by Gasteiger charge is 2.34. The van der Waals surface area contributed by atoms with Crippen LogP contribution in [0.15, 0.2) is 12.3 Å². The number of nitrogens with zero attached hydrogens (tertiary/aromatic N) is 3. The van der Waals surface area contributed by atoms with Crippen LogP contribution < -0.4 is 21.1 Å². The van der Waals surface area contributed by atoms with Gasteiger partial charge in [0.05, 0.1) is 12.2 Å². The molecule has 11 nitrogen and oxygen atoms in total. The number of carbonyl (C=O) groups excluding carboxylic acids is 4. The normalized spacial score (nSPS) is 16.7. The maximum absolute atomic E-state index is 14.0. The monoisotopic (exact) mass is 542 g/mol. The molecule has 15 heteroatoms. The fourth-order valence-electron chi connectivity index (χ4n) is 4.00. The van der Waals surface area contributed by atoms with Gasteiger partial charge in [0.15, 0.2) is 23.2 Å². The lowest BCUT2D eigenvalue weighted by molar-refractivity contribution is -0.137. The Balaban J connectivity index is 1.88. The molecule has 206 valence electrons. The molecule has 3 atom stereocenters. The van der Waals surface area contributed by atoms with Crippen molar-refractivity contribution in [2.24, 2.45) is 17.6 Å². The zero-order chi connectivity index (χ0) is 28.1. The summed E-state index contributed by atoms with van der Waals surface area (Å²) in [7, 11) is 0. The number of Topliss-reactive ketones (excluding diaryl/α,β-unsaturated/α-hetero) is 1. The molecule has 3 amide bonds. The highest BCUT2D eigenvalue weighted by molar-refractivity contribution is 6.34. The average molecular weight is 542 g/mol. The van der Waals surface area contributed by atoms with Gasteiger partial charge in [0.2, 0.25) is 17.5 Å². The Labute approximate surface area is 214 Å². The first kappa shape index (κ1) is 28.5. The van der Waals surface area contributed by atoms with Crippen LogP contribution in [0.25, 0.3) is 0 Å². The van der Waals surface area contributed by atoms with E-state index in [1.54, 1.807) is 0 Å². The van der Waals surface area contributed by atoms with Crippen LogP contribution >= 0.6 is 0 Å².